The average molecular weight is 371 g/mol. The Morgan fingerprint density at radius 1 is 1.19 bits per heavy atom. The first-order chi connectivity index (χ1) is 12.5. The lowest BCUT2D eigenvalue weighted by Gasteiger charge is -2.03. The molecule has 3 aromatic rings. The summed E-state index contributed by atoms with van der Waals surface area (Å²) in [7, 11) is 1.56. The summed E-state index contributed by atoms with van der Waals surface area (Å²) in [5.41, 5.74) is 0.986. The minimum atomic E-state index is -0.235. The largest absolute Gasteiger partial charge is 0.359 e. The van der Waals surface area contributed by atoms with E-state index >= 15 is 0 Å². The molecular weight excluding hydrogens is 354 g/mol. The molecule has 0 aliphatic carbocycles. The van der Waals surface area contributed by atoms with Crippen molar-refractivity contribution in [2.45, 2.75) is 19.3 Å². The number of likely N-dealkylation sites (N-methyl/N-ethyl adjacent to an activating group) is 1. The van der Waals surface area contributed by atoms with E-state index in [1.807, 2.05) is 6.07 Å². The Kier molecular flexibility index (Phi) is 5.37. The molecule has 134 valence electrons. The highest BCUT2D eigenvalue weighted by atomic mass is 32.1. The quantitative estimate of drug-likeness (QED) is 0.603. The summed E-state index contributed by atoms with van der Waals surface area (Å²) in [6, 6.07) is 7.05. The zero-order valence-corrected chi connectivity index (χ0v) is 14.9. The molecule has 9 heteroatoms. The zero-order valence-electron chi connectivity index (χ0n) is 14.0. The number of hydrogen-bond acceptors (Lipinski definition) is 6. The second kappa shape index (κ2) is 7.87. The number of H-pyrrole nitrogens is 1. The van der Waals surface area contributed by atoms with Crippen molar-refractivity contribution in [2.24, 2.45) is 0 Å². The van der Waals surface area contributed by atoms with Crippen LogP contribution in [-0.2, 0) is 22.4 Å². The third-order valence-electron chi connectivity index (χ3n) is 3.67. The number of para-hydroxylation sites is 1. The standard InChI is InChI=1S/C17H17N5O3S/c1-18-15(24)8-10-9-26-17(19-10)22-14(23)7-6-13-20-12-5-3-2-4-11(12)16(25)21-13/h2-5,9H,6-8H2,1H3,(H,18,24)(H,19,22,23)(H,20,21,25). The smallest absolute Gasteiger partial charge is 0.258 e. The van der Waals surface area contributed by atoms with Gasteiger partial charge in [-0.05, 0) is 12.1 Å². The maximum atomic E-state index is 12.1. The average Bonchev–Trinajstić information content (AvgIpc) is 3.06. The molecule has 2 heterocycles. The Morgan fingerprint density at radius 2 is 2.00 bits per heavy atom. The van der Waals surface area contributed by atoms with Crippen LogP contribution in [0.4, 0.5) is 5.13 Å². The maximum absolute atomic E-state index is 12.1. The first-order valence-electron chi connectivity index (χ1n) is 7.98. The number of hydrogen-bond donors (Lipinski definition) is 3. The van der Waals surface area contributed by atoms with Crippen molar-refractivity contribution >= 4 is 39.2 Å². The zero-order chi connectivity index (χ0) is 18.5. The highest BCUT2D eigenvalue weighted by Gasteiger charge is 2.10. The summed E-state index contributed by atoms with van der Waals surface area (Å²) in [5, 5.41) is 7.90. The number of aromatic amines is 1. The number of fused-ring (bicyclic) bond motifs is 1. The van der Waals surface area contributed by atoms with Crippen LogP contribution in [0, 0.1) is 0 Å². The molecule has 0 saturated heterocycles. The molecule has 0 bridgehead atoms. The Balaban J connectivity index is 1.59. The first-order valence-corrected chi connectivity index (χ1v) is 8.86. The van der Waals surface area contributed by atoms with E-state index in [-0.39, 0.29) is 30.2 Å². The van der Waals surface area contributed by atoms with Crippen molar-refractivity contribution in [3.8, 4) is 0 Å². The normalized spacial score (nSPS) is 10.7. The fraction of sp³-hybridized carbons (Fsp3) is 0.235. The number of thiazole rings is 1. The number of rotatable bonds is 6. The van der Waals surface area contributed by atoms with Gasteiger partial charge in [0.2, 0.25) is 11.8 Å². The van der Waals surface area contributed by atoms with Crippen LogP contribution < -0.4 is 16.2 Å². The van der Waals surface area contributed by atoms with E-state index in [1.54, 1.807) is 30.6 Å². The molecule has 1 aromatic carbocycles. The SMILES string of the molecule is CNC(=O)Cc1csc(NC(=O)CCc2nc3ccccc3c(=O)[nH]2)n1. The number of aryl methyl sites for hydroxylation is 1. The molecule has 0 fully saturated rings. The van der Waals surface area contributed by atoms with Gasteiger partial charge in [-0.25, -0.2) is 9.97 Å². The van der Waals surface area contributed by atoms with Crippen LogP contribution in [0.15, 0.2) is 34.4 Å². The number of carbonyl (C=O) groups excluding carboxylic acids is 2. The van der Waals surface area contributed by atoms with Gasteiger partial charge in [0.1, 0.15) is 5.82 Å². The molecule has 0 saturated carbocycles. The molecule has 8 nitrogen and oxygen atoms in total. The highest BCUT2D eigenvalue weighted by Crippen LogP contribution is 2.16. The van der Waals surface area contributed by atoms with E-state index in [1.165, 1.54) is 11.3 Å². The molecule has 0 aliphatic heterocycles. The van der Waals surface area contributed by atoms with Gasteiger partial charge >= 0.3 is 0 Å². The lowest BCUT2D eigenvalue weighted by Crippen LogP contribution is -2.20. The topological polar surface area (TPSA) is 117 Å². The number of carbonyl (C=O) groups is 2. The molecule has 0 radical (unpaired) electrons. The lowest BCUT2D eigenvalue weighted by molar-refractivity contribution is -0.120. The van der Waals surface area contributed by atoms with Crippen LogP contribution in [-0.4, -0.2) is 33.8 Å². The van der Waals surface area contributed by atoms with Gasteiger partial charge in [0.05, 0.1) is 23.0 Å². The molecular formula is C17H17N5O3S. The van der Waals surface area contributed by atoms with E-state index in [2.05, 4.69) is 25.6 Å². The number of aromatic nitrogens is 3. The second-order valence-corrected chi connectivity index (χ2v) is 6.43. The van der Waals surface area contributed by atoms with Gasteiger partial charge in [-0.1, -0.05) is 12.1 Å². The molecule has 3 N–H and O–H groups in total. The molecule has 2 amide bonds. The lowest BCUT2D eigenvalue weighted by atomic mass is 10.2. The predicted molar refractivity (Wildman–Crippen MR) is 99.2 cm³/mol. The number of nitrogens with one attached hydrogen (secondary N) is 3. The van der Waals surface area contributed by atoms with Gasteiger partial charge in [0, 0.05) is 25.3 Å². The summed E-state index contributed by atoms with van der Waals surface area (Å²) in [6.45, 7) is 0. The monoisotopic (exact) mass is 371 g/mol. The maximum Gasteiger partial charge on any atom is 0.258 e. The van der Waals surface area contributed by atoms with Crippen LogP contribution in [0.3, 0.4) is 0 Å². The Hall–Kier alpha value is -3.07. The van der Waals surface area contributed by atoms with E-state index in [0.717, 1.165) is 0 Å². The van der Waals surface area contributed by atoms with Crippen molar-refractivity contribution in [3.63, 3.8) is 0 Å². The number of nitrogens with zero attached hydrogens (tertiary/aromatic N) is 2. The summed E-state index contributed by atoms with van der Waals surface area (Å²) in [6.07, 6.45) is 0.638. The molecule has 0 atom stereocenters. The molecule has 0 aliphatic rings. The van der Waals surface area contributed by atoms with Crippen LogP contribution in [0.25, 0.3) is 10.9 Å². The third kappa shape index (κ3) is 4.31. The molecule has 0 spiro atoms. The van der Waals surface area contributed by atoms with Gasteiger partial charge in [-0.3, -0.25) is 14.4 Å². The summed E-state index contributed by atoms with van der Waals surface area (Å²) in [4.78, 5) is 46.7. The molecule has 0 unspecified atom stereocenters. The van der Waals surface area contributed by atoms with Crippen molar-refractivity contribution in [3.05, 3.63) is 51.5 Å². The number of anilines is 1. The third-order valence-corrected chi connectivity index (χ3v) is 4.48. The van der Waals surface area contributed by atoms with E-state index in [0.29, 0.717) is 34.0 Å². The second-order valence-electron chi connectivity index (χ2n) is 5.57. The Bertz CT molecular complexity index is 1010. The molecule has 2 aromatic heterocycles. The van der Waals surface area contributed by atoms with Crippen molar-refractivity contribution in [2.75, 3.05) is 12.4 Å². The van der Waals surface area contributed by atoms with E-state index in [9.17, 15) is 14.4 Å². The molecule has 3 rings (SSSR count). The van der Waals surface area contributed by atoms with Gasteiger partial charge in [-0.2, -0.15) is 0 Å². The van der Waals surface area contributed by atoms with Gasteiger partial charge in [0.25, 0.3) is 5.56 Å². The van der Waals surface area contributed by atoms with E-state index in [4.69, 9.17) is 0 Å². The van der Waals surface area contributed by atoms with Crippen LogP contribution >= 0.6 is 11.3 Å². The Morgan fingerprint density at radius 3 is 2.81 bits per heavy atom. The Labute approximate surface area is 152 Å². The van der Waals surface area contributed by atoms with Crippen LogP contribution in [0.1, 0.15) is 17.9 Å². The summed E-state index contributed by atoms with van der Waals surface area (Å²) >= 11 is 1.26. The van der Waals surface area contributed by atoms with Gasteiger partial charge < -0.3 is 15.6 Å². The minimum Gasteiger partial charge on any atom is -0.359 e. The minimum absolute atomic E-state index is 0.139. The fourth-order valence-corrected chi connectivity index (χ4v) is 3.09. The van der Waals surface area contributed by atoms with Gasteiger partial charge in [0.15, 0.2) is 5.13 Å². The number of benzene rings is 1. The van der Waals surface area contributed by atoms with Crippen molar-refractivity contribution < 1.29 is 9.59 Å². The van der Waals surface area contributed by atoms with Gasteiger partial charge in [-0.15, -0.1) is 11.3 Å². The van der Waals surface area contributed by atoms with Crippen LogP contribution in [0.2, 0.25) is 0 Å². The number of amides is 2. The highest BCUT2D eigenvalue weighted by molar-refractivity contribution is 7.13. The van der Waals surface area contributed by atoms with Crippen LogP contribution in [0.5, 0.6) is 0 Å². The van der Waals surface area contributed by atoms with Crippen molar-refractivity contribution in [1.82, 2.24) is 20.3 Å². The van der Waals surface area contributed by atoms with E-state index < -0.39 is 0 Å². The predicted octanol–water partition coefficient (Wildman–Crippen LogP) is 1.24. The fourth-order valence-electron chi connectivity index (χ4n) is 2.37. The van der Waals surface area contributed by atoms with Crippen molar-refractivity contribution in [1.29, 1.82) is 0 Å². The summed E-state index contributed by atoms with van der Waals surface area (Å²) in [5.74, 6) is 0.0875. The first kappa shape index (κ1) is 17.7. The summed E-state index contributed by atoms with van der Waals surface area (Å²) < 4.78 is 0. The molecule has 26 heavy (non-hydrogen) atoms.